The Bertz CT molecular complexity index is 324. The molecule has 2 aliphatic rings. The van der Waals surface area contributed by atoms with Crippen LogP contribution in [0.2, 0.25) is 0 Å². The summed E-state index contributed by atoms with van der Waals surface area (Å²) in [6.45, 7) is 4.80. The largest absolute Gasteiger partial charge is 0.378 e. The number of carbonyl (C=O) groups is 1. The third-order valence-electron chi connectivity index (χ3n) is 4.68. The number of rotatable bonds is 8. The van der Waals surface area contributed by atoms with Crippen LogP contribution in [0.4, 0.5) is 0 Å². The molecular formula is C16H30N2O2. The molecule has 2 fully saturated rings. The Balaban J connectivity index is 1.75. The van der Waals surface area contributed by atoms with Crippen LogP contribution in [-0.2, 0) is 9.53 Å². The molecule has 0 aromatic heterocycles. The van der Waals surface area contributed by atoms with Crippen molar-refractivity contribution in [3.63, 3.8) is 0 Å². The van der Waals surface area contributed by atoms with Crippen LogP contribution in [0.25, 0.3) is 0 Å². The monoisotopic (exact) mass is 282 g/mol. The van der Waals surface area contributed by atoms with E-state index in [0.29, 0.717) is 18.4 Å². The van der Waals surface area contributed by atoms with Gasteiger partial charge in [0.1, 0.15) is 0 Å². The van der Waals surface area contributed by atoms with Gasteiger partial charge in [-0.25, -0.2) is 0 Å². The summed E-state index contributed by atoms with van der Waals surface area (Å²) in [6, 6.07) is 0.470. The summed E-state index contributed by atoms with van der Waals surface area (Å²) in [6.07, 6.45) is 9.67. The maximum Gasteiger partial charge on any atom is 0.237 e. The van der Waals surface area contributed by atoms with Crippen LogP contribution >= 0.6 is 0 Å². The van der Waals surface area contributed by atoms with E-state index in [9.17, 15) is 4.79 Å². The van der Waals surface area contributed by atoms with E-state index in [4.69, 9.17) is 10.5 Å². The van der Waals surface area contributed by atoms with Gasteiger partial charge >= 0.3 is 0 Å². The fraction of sp³-hybridized carbons (Fsp3) is 0.938. The highest BCUT2D eigenvalue weighted by atomic mass is 16.5. The second kappa shape index (κ2) is 6.90. The van der Waals surface area contributed by atoms with E-state index in [2.05, 4.69) is 12.2 Å². The minimum atomic E-state index is -0.632. The molecule has 2 rings (SSSR count). The van der Waals surface area contributed by atoms with Crippen LogP contribution in [-0.4, -0.2) is 30.2 Å². The molecule has 0 heterocycles. The van der Waals surface area contributed by atoms with Crippen molar-refractivity contribution in [3.8, 4) is 0 Å². The predicted octanol–water partition coefficient (Wildman–Crippen LogP) is 2.36. The van der Waals surface area contributed by atoms with E-state index in [1.807, 2.05) is 6.92 Å². The third kappa shape index (κ3) is 4.74. The molecule has 0 bridgehead atoms. The topological polar surface area (TPSA) is 64.3 Å². The van der Waals surface area contributed by atoms with Crippen molar-refractivity contribution in [3.05, 3.63) is 0 Å². The van der Waals surface area contributed by atoms with Crippen molar-refractivity contribution < 1.29 is 9.53 Å². The lowest BCUT2D eigenvalue weighted by atomic mass is 9.90. The number of amides is 1. The average Bonchev–Trinajstić information content (AvgIpc) is 3.21. The summed E-state index contributed by atoms with van der Waals surface area (Å²) in [4.78, 5) is 11.7. The van der Waals surface area contributed by atoms with Gasteiger partial charge in [0.05, 0.1) is 11.6 Å². The Morgan fingerprint density at radius 1 is 1.30 bits per heavy atom. The van der Waals surface area contributed by atoms with Crippen molar-refractivity contribution in [1.29, 1.82) is 0 Å². The van der Waals surface area contributed by atoms with Gasteiger partial charge in [-0.15, -0.1) is 0 Å². The first kappa shape index (κ1) is 15.8. The van der Waals surface area contributed by atoms with Gasteiger partial charge < -0.3 is 15.8 Å². The summed E-state index contributed by atoms with van der Waals surface area (Å²) in [5.74, 6) is 0.444. The molecule has 2 saturated carbocycles. The van der Waals surface area contributed by atoms with E-state index < -0.39 is 5.54 Å². The number of nitrogens with one attached hydrogen (secondary N) is 1. The molecule has 1 amide bonds. The Labute approximate surface area is 122 Å². The van der Waals surface area contributed by atoms with Gasteiger partial charge in [0.15, 0.2) is 0 Å². The maximum absolute atomic E-state index is 11.7. The third-order valence-corrected chi connectivity index (χ3v) is 4.68. The fourth-order valence-corrected chi connectivity index (χ4v) is 3.20. The first-order chi connectivity index (χ1) is 9.49. The van der Waals surface area contributed by atoms with E-state index in [0.717, 1.165) is 19.4 Å². The van der Waals surface area contributed by atoms with Gasteiger partial charge in [0.25, 0.3) is 0 Å². The SMILES string of the molecule is CC(CC(C)(NC1CC1)C(N)=O)OCC1CCCCC1. The minimum absolute atomic E-state index is 0.0701. The smallest absolute Gasteiger partial charge is 0.237 e. The standard InChI is InChI=1S/C16H30N2O2/c1-12(20-11-13-6-4-3-5-7-13)10-16(2,15(17)19)18-14-8-9-14/h12-14,18H,3-11H2,1-2H3,(H2,17,19). The van der Waals surface area contributed by atoms with E-state index >= 15 is 0 Å². The molecule has 0 aliphatic heterocycles. The molecule has 2 unspecified atom stereocenters. The molecule has 0 aromatic rings. The molecular weight excluding hydrogens is 252 g/mol. The Kier molecular flexibility index (Phi) is 5.44. The molecule has 4 nitrogen and oxygen atoms in total. The van der Waals surface area contributed by atoms with E-state index in [-0.39, 0.29) is 12.0 Å². The zero-order chi connectivity index (χ0) is 14.6. The number of hydrogen-bond donors (Lipinski definition) is 2. The van der Waals surface area contributed by atoms with Crippen molar-refractivity contribution in [2.24, 2.45) is 11.7 Å². The quantitative estimate of drug-likeness (QED) is 0.718. The van der Waals surface area contributed by atoms with Crippen molar-refractivity contribution >= 4 is 5.91 Å². The van der Waals surface area contributed by atoms with Crippen LogP contribution in [0.15, 0.2) is 0 Å². The van der Waals surface area contributed by atoms with Crippen LogP contribution in [0.5, 0.6) is 0 Å². The predicted molar refractivity (Wildman–Crippen MR) is 80.4 cm³/mol. The average molecular weight is 282 g/mol. The molecule has 20 heavy (non-hydrogen) atoms. The number of nitrogens with two attached hydrogens (primary N) is 1. The molecule has 4 heteroatoms. The van der Waals surface area contributed by atoms with E-state index in [1.165, 1.54) is 32.1 Å². The number of hydrogen-bond acceptors (Lipinski definition) is 3. The van der Waals surface area contributed by atoms with Crippen LogP contribution in [0.3, 0.4) is 0 Å². The lowest BCUT2D eigenvalue weighted by Gasteiger charge is -2.31. The van der Waals surface area contributed by atoms with Crippen LogP contribution in [0, 0.1) is 5.92 Å². The molecule has 2 atom stereocenters. The maximum atomic E-state index is 11.7. The number of primary amides is 1. The summed E-state index contributed by atoms with van der Waals surface area (Å²) < 4.78 is 5.98. The van der Waals surface area contributed by atoms with Crippen LogP contribution in [0.1, 0.15) is 65.2 Å². The van der Waals surface area contributed by atoms with Crippen LogP contribution < -0.4 is 11.1 Å². The highest BCUT2D eigenvalue weighted by molar-refractivity contribution is 5.84. The minimum Gasteiger partial charge on any atom is -0.378 e. The van der Waals surface area contributed by atoms with Crippen molar-refractivity contribution in [2.45, 2.75) is 82.9 Å². The fourth-order valence-electron chi connectivity index (χ4n) is 3.20. The molecule has 116 valence electrons. The van der Waals surface area contributed by atoms with Gasteiger partial charge in [0.2, 0.25) is 5.91 Å². The Hall–Kier alpha value is -0.610. The molecule has 0 radical (unpaired) electrons. The second-order valence-electron chi connectivity index (χ2n) is 6.97. The zero-order valence-electron chi connectivity index (χ0n) is 13.0. The lowest BCUT2D eigenvalue weighted by molar-refractivity contribution is -0.125. The van der Waals surface area contributed by atoms with Gasteiger partial charge in [-0.05, 0) is 45.4 Å². The first-order valence-electron chi connectivity index (χ1n) is 8.19. The first-order valence-corrected chi connectivity index (χ1v) is 8.19. The van der Waals surface area contributed by atoms with Crippen molar-refractivity contribution in [2.75, 3.05) is 6.61 Å². The van der Waals surface area contributed by atoms with Gasteiger partial charge in [0, 0.05) is 19.1 Å². The second-order valence-corrected chi connectivity index (χ2v) is 6.97. The van der Waals surface area contributed by atoms with Gasteiger partial charge in [-0.2, -0.15) is 0 Å². The molecule has 3 N–H and O–H groups in total. The molecule has 0 aromatic carbocycles. The summed E-state index contributed by atoms with van der Waals surface area (Å²) in [7, 11) is 0. The highest BCUT2D eigenvalue weighted by Gasteiger charge is 2.38. The molecule has 2 aliphatic carbocycles. The lowest BCUT2D eigenvalue weighted by Crippen LogP contribution is -2.55. The van der Waals surface area contributed by atoms with Gasteiger partial charge in [-0.3, -0.25) is 4.79 Å². The highest BCUT2D eigenvalue weighted by Crippen LogP contribution is 2.27. The van der Waals surface area contributed by atoms with E-state index in [1.54, 1.807) is 0 Å². The zero-order valence-corrected chi connectivity index (χ0v) is 13.0. The summed E-state index contributed by atoms with van der Waals surface area (Å²) in [5.41, 5.74) is 4.95. The summed E-state index contributed by atoms with van der Waals surface area (Å²) in [5, 5.41) is 3.38. The molecule has 0 spiro atoms. The van der Waals surface area contributed by atoms with Crippen molar-refractivity contribution in [1.82, 2.24) is 5.32 Å². The Morgan fingerprint density at radius 2 is 1.95 bits per heavy atom. The summed E-state index contributed by atoms with van der Waals surface area (Å²) >= 11 is 0. The number of ether oxygens (including phenoxy) is 1. The van der Waals surface area contributed by atoms with Gasteiger partial charge in [-0.1, -0.05) is 19.3 Å². The number of carbonyl (C=O) groups excluding carboxylic acids is 1. The molecule has 0 saturated heterocycles. The Morgan fingerprint density at radius 3 is 2.50 bits per heavy atom. The normalized spacial score (nSPS) is 25.1.